The molecule has 5 nitrogen and oxygen atoms in total. The van der Waals surface area contributed by atoms with E-state index in [9.17, 15) is 4.79 Å². The second-order valence-electron chi connectivity index (χ2n) is 4.29. The first-order valence-corrected chi connectivity index (χ1v) is 7.08. The molecular formula is C14H13N3O2S. The molecule has 0 saturated carbocycles. The lowest BCUT2D eigenvalue weighted by Gasteiger charge is -1.98. The number of carbonyl (C=O) groups excluding carboxylic acids is 1. The number of amides is 1. The van der Waals surface area contributed by atoms with E-state index in [1.54, 1.807) is 5.38 Å². The zero-order valence-electron chi connectivity index (χ0n) is 10.6. The summed E-state index contributed by atoms with van der Waals surface area (Å²) in [4.78, 5) is 19.3. The Bertz CT molecular complexity index is 715. The molecule has 1 amide bonds. The van der Waals surface area contributed by atoms with Gasteiger partial charge in [-0.15, -0.1) is 11.3 Å². The van der Waals surface area contributed by atoms with Gasteiger partial charge in [0.2, 0.25) is 0 Å². The van der Waals surface area contributed by atoms with E-state index in [-0.39, 0.29) is 19.1 Å². The average Bonchev–Trinajstić information content (AvgIpc) is 3.10. The predicted molar refractivity (Wildman–Crippen MR) is 78.8 cm³/mol. The van der Waals surface area contributed by atoms with Gasteiger partial charge in [0.25, 0.3) is 5.91 Å². The van der Waals surface area contributed by atoms with Crippen LogP contribution < -0.4 is 5.32 Å². The van der Waals surface area contributed by atoms with E-state index in [0.29, 0.717) is 5.69 Å². The third kappa shape index (κ3) is 2.43. The summed E-state index contributed by atoms with van der Waals surface area (Å²) in [5.41, 5.74) is 2.32. The first-order valence-electron chi connectivity index (χ1n) is 6.20. The van der Waals surface area contributed by atoms with Crippen molar-refractivity contribution < 1.29 is 9.90 Å². The van der Waals surface area contributed by atoms with Crippen LogP contribution in [0.5, 0.6) is 0 Å². The number of aliphatic hydroxyl groups is 1. The van der Waals surface area contributed by atoms with Crippen LogP contribution in [0.2, 0.25) is 0 Å². The monoisotopic (exact) mass is 287 g/mol. The maximum atomic E-state index is 11.7. The molecule has 2 heterocycles. The fraction of sp³-hybridized carbons (Fsp3) is 0.143. The summed E-state index contributed by atoms with van der Waals surface area (Å²) >= 11 is 1.41. The maximum absolute atomic E-state index is 11.7. The molecule has 20 heavy (non-hydrogen) atoms. The molecule has 1 aromatic carbocycles. The number of aliphatic hydroxyl groups excluding tert-OH is 1. The first-order chi connectivity index (χ1) is 9.78. The van der Waals surface area contributed by atoms with Crippen LogP contribution in [0.1, 0.15) is 10.5 Å². The topological polar surface area (TPSA) is 78.0 Å². The number of fused-ring (bicyclic) bond motifs is 1. The van der Waals surface area contributed by atoms with Gasteiger partial charge in [0.1, 0.15) is 10.7 Å². The molecule has 3 N–H and O–H groups in total. The van der Waals surface area contributed by atoms with Crippen LogP contribution >= 0.6 is 11.3 Å². The molecule has 3 aromatic rings. The summed E-state index contributed by atoms with van der Waals surface area (Å²) in [5.74, 6) is -0.266. The lowest BCUT2D eigenvalue weighted by molar-refractivity contribution is 0.0940. The summed E-state index contributed by atoms with van der Waals surface area (Å²) in [6.45, 7) is 0.156. The Hall–Kier alpha value is -2.18. The van der Waals surface area contributed by atoms with Crippen LogP contribution in [-0.2, 0) is 0 Å². The largest absolute Gasteiger partial charge is 0.395 e. The highest BCUT2D eigenvalue weighted by molar-refractivity contribution is 7.13. The number of hydrogen-bond acceptors (Lipinski definition) is 4. The van der Waals surface area contributed by atoms with Gasteiger partial charge in [-0.3, -0.25) is 4.79 Å². The van der Waals surface area contributed by atoms with Crippen molar-refractivity contribution in [1.29, 1.82) is 0 Å². The molecule has 0 aliphatic carbocycles. The summed E-state index contributed by atoms with van der Waals surface area (Å²) in [6.07, 6.45) is 0. The van der Waals surface area contributed by atoms with E-state index in [2.05, 4.69) is 15.3 Å². The Morgan fingerprint density at radius 2 is 2.25 bits per heavy atom. The third-order valence-corrected chi connectivity index (χ3v) is 3.77. The van der Waals surface area contributed by atoms with E-state index < -0.39 is 0 Å². The van der Waals surface area contributed by atoms with Gasteiger partial charge in [-0.1, -0.05) is 18.2 Å². The number of carbonyl (C=O) groups is 1. The van der Waals surface area contributed by atoms with Gasteiger partial charge in [-0.25, -0.2) is 4.98 Å². The number of aromatic nitrogens is 2. The fourth-order valence-electron chi connectivity index (χ4n) is 1.95. The molecule has 0 saturated heterocycles. The number of thiazole rings is 1. The molecule has 0 aliphatic rings. The van der Waals surface area contributed by atoms with Crippen molar-refractivity contribution in [1.82, 2.24) is 15.3 Å². The summed E-state index contributed by atoms with van der Waals surface area (Å²) in [6, 6.07) is 10.00. The van der Waals surface area contributed by atoms with Gasteiger partial charge in [0.05, 0.1) is 12.3 Å². The highest BCUT2D eigenvalue weighted by Crippen LogP contribution is 2.26. The molecule has 0 radical (unpaired) electrons. The molecule has 3 rings (SSSR count). The number of rotatable bonds is 4. The number of benzene rings is 1. The van der Waals surface area contributed by atoms with Gasteiger partial charge in [-0.2, -0.15) is 0 Å². The zero-order valence-corrected chi connectivity index (χ0v) is 11.4. The SMILES string of the molecule is O=C(NCCO)c1csc(-c2cc3ccccc3[nH]2)n1. The highest BCUT2D eigenvalue weighted by atomic mass is 32.1. The lowest BCUT2D eigenvalue weighted by Crippen LogP contribution is -2.26. The second-order valence-corrected chi connectivity index (χ2v) is 5.15. The van der Waals surface area contributed by atoms with Gasteiger partial charge < -0.3 is 15.4 Å². The van der Waals surface area contributed by atoms with Gasteiger partial charge in [0, 0.05) is 22.8 Å². The molecule has 0 fully saturated rings. The minimum atomic E-state index is -0.266. The van der Waals surface area contributed by atoms with Crippen molar-refractivity contribution >= 4 is 28.1 Å². The maximum Gasteiger partial charge on any atom is 0.270 e. The highest BCUT2D eigenvalue weighted by Gasteiger charge is 2.12. The van der Waals surface area contributed by atoms with Crippen molar-refractivity contribution in [2.45, 2.75) is 0 Å². The lowest BCUT2D eigenvalue weighted by atomic mass is 10.2. The van der Waals surface area contributed by atoms with Gasteiger partial charge >= 0.3 is 0 Å². The average molecular weight is 287 g/mol. The minimum absolute atomic E-state index is 0.0786. The van der Waals surface area contributed by atoms with Crippen LogP contribution in [0, 0.1) is 0 Å². The molecular weight excluding hydrogens is 274 g/mol. The normalized spacial score (nSPS) is 10.8. The molecule has 0 aliphatic heterocycles. The number of nitrogens with zero attached hydrogens (tertiary/aromatic N) is 1. The third-order valence-electron chi connectivity index (χ3n) is 2.89. The Labute approximate surface area is 119 Å². The minimum Gasteiger partial charge on any atom is -0.395 e. The Morgan fingerprint density at radius 1 is 1.40 bits per heavy atom. The smallest absolute Gasteiger partial charge is 0.270 e. The van der Waals surface area contributed by atoms with Crippen molar-refractivity contribution in [3.63, 3.8) is 0 Å². The predicted octanol–water partition coefficient (Wildman–Crippen LogP) is 2.01. The quantitative estimate of drug-likeness (QED) is 0.687. The van der Waals surface area contributed by atoms with E-state index >= 15 is 0 Å². The van der Waals surface area contributed by atoms with Gasteiger partial charge in [-0.05, 0) is 12.1 Å². The number of hydrogen-bond donors (Lipinski definition) is 3. The molecule has 0 bridgehead atoms. The van der Waals surface area contributed by atoms with Crippen LogP contribution in [0.3, 0.4) is 0 Å². The number of nitrogens with one attached hydrogen (secondary N) is 2. The Kier molecular flexibility index (Phi) is 3.49. The summed E-state index contributed by atoms with van der Waals surface area (Å²) < 4.78 is 0. The van der Waals surface area contributed by atoms with Crippen molar-refractivity contribution in [2.24, 2.45) is 0 Å². The molecule has 102 valence electrons. The summed E-state index contributed by atoms with van der Waals surface area (Å²) in [7, 11) is 0. The fourth-order valence-corrected chi connectivity index (χ4v) is 2.72. The Balaban J connectivity index is 1.87. The van der Waals surface area contributed by atoms with Gasteiger partial charge in [0.15, 0.2) is 0 Å². The zero-order chi connectivity index (χ0) is 13.9. The van der Waals surface area contributed by atoms with E-state index in [1.165, 1.54) is 11.3 Å². The first kappa shape index (κ1) is 12.8. The number of H-pyrrole nitrogens is 1. The molecule has 6 heteroatoms. The second kappa shape index (κ2) is 5.44. The van der Waals surface area contributed by atoms with E-state index in [0.717, 1.165) is 21.6 Å². The number of aromatic amines is 1. The van der Waals surface area contributed by atoms with Crippen LogP contribution in [0.15, 0.2) is 35.7 Å². The van der Waals surface area contributed by atoms with Crippen LogP contribution in [0.4, 0.5) is 0 Å². The van der Waals surface area contributed by atoms with Crippen molar-refractivity contribution in [3.8, 4) is 10.7 Å². The number of para-hydroxylation sites is 1. The van der Waals surface area contributed by atoms with Crippen molar-refractivity contribution in [2.75, 3.05) is 13.2 Å². The Morgan fingerprint density at radius 3 is 3.05 bits per heavy atom. The molecule has 0 unspecified atom stereocenters. The standard InChI is InChI=1S/C14H13N3O2S/c18-6-5-15-13(19)12-8-20-14(17-12)11-7-9-3-1-2-4-10(9)16-11/h1-4,7-8,16,18H,5-6H2,(H,15,19). The van der Waals surface area contributed by atoms with Crippen molar-refractivity contribution in [3.05, 3.63) is 41.4 Å². The molecule has 0 atom stereocenters. The van der Waals surface area contributed by atoms with Crippen LogP contribution in [0.25, 0.3) is 21.6 Å². The molecule has 0 spiro atoms. The molecule has 2 aromatic heterocycles. The van der Waals surface area contributed by atoms with E-state index in [4.69, 9.17) is 5.11 Å². The van der Waals surface area contributed by atoms with E-state index in [1.807, 2.05) is 30.3 Å². The van der Waals surface area contributed by atoms with Crippen LogP contribution in [-0.4, -0.2) is 34.1 Å². The summed E-state index contributed by atoms with van der Waals surface area (Å²) in [5, 5.41) is 14.9.